The van der Waals surface area contributed by atoms with Crippen LogP contribution in [0.1, 0.15) is 35.6 Å². The Kier molecular flexibility index (Phi) is 6.04. The first-order valence-corrected chi connectivity index (χ1v) is 10.5. The largest absolute Gasteiger partial charge is 0.497 e. The van der Waals surface area contributed by atoms with Gasteiger partial charge in [0.15, 0.2) is 0 Å². The van der Waals surface area contributed by atoms with Gasteiger partial charge in [0.25, 0.3) is 5.91 Å². The van der Waals surface area contributed by atoms with Crippen molar-refractivity contribution < 1.29 is 14.3 Å². The number of aryl methyl sites for hydroxylation is 1. The molecule has 4 rings (SSSR count). The predicted molar refractivity (Wildman–Crippen MR) is 121 cm³/mol. The first-order valence-electron chi connectivity index (χ1n) is 10.5. The zero-order valence-electron chi connectivity index (χ0n) is 18.4. The number of hydrogen-bond donors (Lipinski definition) is 1. The van der Waals surface area contributed by atoms with Gasteiger partial charge in [-0.2, -0.15) is 0 Å². The molecular weight excluding hydrogens is 392 g/mol. The predicted octanol–water partition coefficient (Wildman–Crippen LogP) is 3.81. The Morgan fingerprint density at radius 3 is 2.52 bits per heavy atom. The molecule has 1 amide bonds. The smallest absolute Gasteiger partial charge is 0.254 e. The van der Waals surface area contributed by atoms with Crippen LogP contribution in [-0.2, 0) is 11.3 Å². The molecule has 3 aromatic rings. The van der Waals surface area contributed by atoms with E-state index >= 15 is 0 Å². The van der Waals surface area contributed by atoms with E-state index in [0.717, 1.165) is 28.0 Å². The second kappa shape index (κ2) is 8.89. The number of fused-ring (bicyclic) bond motifs is 1. The van der Waals surface area contributed by atoms with Gasteiger partial charge in [-0.15, -0.1) is 0 Å². The molecule has 0 bridgehead atoms. The Bertz CT molecular complexity index is 1070. The average molecular weight is 421 g/mol. The van der Waals surface area contributed by atoms with E-state index in [9.17, 15) is 4.79 Å². The Hall–Kier alpha value is -3.19. The Balaban J connectivity index is 1.47. The second-order valence-electron chi connectivity index (χ2n) is 8.02. The molecule has 1 N–H and O–H groups in total. The monoisotopic (exact) mass is 420 g/mol. The van der Waals surface area contributed by atoms with Crippen molar-refractivity contribution in [1.82, 2.24) is 14.9 Å². The van der Waals surface area contributed by atoms with Gasteiger partial charge in [0, 0.05) is 30.6 Å². The van der Waals surface area contributed by atoms with Crippen LogP contribution in [0.4, 0.5) is 5.82 Å². The van der Waals surface area contributed by atoms with Gasteiger partial charge in [-0.1, -0.05) is 12.1 Å². The highest BCUT2D eigenvalue weighted by atomic mass is 16.5. The number of carbonyl (C=O) groups excluding carboxylic acids is 1. The zero-order valence-corrected chi connectivity index (χ0v) is 18.4. The summed E-state index contributed by atoms with van der Waals surface area (Å²) in [6, 6.07) is 13.5. The lowest BCUT2D eigenvalue weighted by Gasteiger charge is -2.35. The molecule has 0 unspecified atom stereocenters. The third-order valence-corrected chi connectivity index (χ3v) is 5.38. The van der Waals surface area contributed by atoms with Crippen molar-refractivity contribution >= 4 is 22.6 Å². The van der Waals surface area contributed by atoms with Crippen molar-refractivity contribution in [3.05, 3.63) is 59.4 Å². The normalized spacial score (nSPS) is 18.8. The molecule has 31 heavy (non-hydrogen) atoms. The van der Waals surface area contributed by atoms with Crippen molar-refractivity contribution in [2.24, 2.45) is 0 Å². The molecule has 1 saturated heterocycles. The highest BCUT2D eigenvalue weighted by Gasteiger charge is 2.26. The van der Waals surface area contributed by atoms with Crippen LogP contribution < -0.4 is 10.1 Å². The Morgan fingerprint density at radius 2 is 1.84 bits per heavy atom. The van der Waals surface area contributed by atoms with E-state index in [1.54, 1.807) is 7.11 Å². The van der Waals surface area contributed by atoms with E-state index in [1.165, 1.54) is 0 Å². The van der Waals surface area contributed by atoms with Crippen molar-refractivity contribution in [3.63, 3.8) is 0 Å². The van der Waals surface area contributed by atoms with Gasteiger partial charge in [0.05, 0.1) is 24.8 Å². The number of nitrogens with zero attached hydrogens (tertiary/aromatic N) is 3. The topological polar surface area (TPSA) is 76.6 Å². The summed E-state index contributed by atoms with van der Waals surface area (Å²) in [5.74, 6) is 2.27. The lowest BCUT2D eigenvalue weighted by atomic mass is 10.1. The third kappa shape index (κ3) is 4.77. The molecule has 0 spiro atoms. The number of amides is 1. The van der Waals surface area contributed by atoms with Crippen LogP contribution in [0, 0.1) is 6.92 Å². The molecule has 0 radical (unpaired) electrons. The SMILES string of the molecule is COc1ccc2nc(C)nc(NCc3ccc(C(=O)N4C[C@@H](C)O[C@@H](C)C4)cc3)c2c1. The number of carbonyl (C=O) groups is 1. The summed E-state index contributed by atoms with van der Waals surface area (Å²) in [7, 11) is 1.64. The van der Waals surface area contributed by atoms with Crippen LogP contribution in [-0.4, -0.2) is 53.2 Å². The summed E-state index contributed by atoms with van der Waals surface area (Å²) >= 11 is 0. The van der Waals surface area contributed by atoms with Crippen molar-refractivity contribution in [2.45, 2.75) is 39.5 Å². The van der Waals surface area contributed by atoms with Crippen LogP contribution in [0.15, 0.2) is 42.5 Å². The summed E-state index contributed by atoms with van der Waals surface area (Å²) in [6.07, 6.45) is 0.113. The molecule has 1 aliphatic heterocycles. The number of methoxy groups -OCH3 is 1. The number of hydrogen-bond acceptors (Lipinski definition) is 6. The van der Waals surface area contributed by atoms with Gasteiger partial charge in [-0.05, 0) is 56.7 Å². The fraction of sp³-hybridized carbons (Fsp3) is 0.375. The van der Waals surface area contributed by atoms with Gasteiger partial charge in [0.2, 0.25) is 0 Å². The molecule has 7 heteroatoms. The molecule has 1 aliphatic rings. The first kappa shape index (κ1) is 21.1. The molecule has 2 aromatic carbocycles. The first-order chi connectivity index (χ1) is 14.9. The lowest BCUT2D eigenvalue weighted by molar-refractivity contribution is -0.0586. The van der Waals surface area contributed by atoms with Crippen LogP contribution in [0.5, 0.6) is 5.75 Å². The quantitative estimate of drug-likeness (QED) is 0.676. The number of nitrogens with one attached hydrogen (secondary N) is 1. The molecule has 0 saturated carbocycles. The van der Waals surface area contributed by atoms with Gasteiger partial charge >= 0.3 is 0 Å². The van der Waals surface area contributed by atoms with E-state index in [2.05, 4.69) is 15.3 Å². The molecule has 2 atom stereocenters. The minimum absolute atomic E-state index is 0.0472. The molecule has 1 fully saturated rings. The van der Waals surface area contributed by atoms with E-state index < -0.39 is 0 Å². The standard InChI is InChI=1S/C24H28N4O3/c1-15-13-28(14-16(2)31-15)24(29)19-7-5-18(6-8-19)12-25-23-21-11-20(30-4)9-10-22(21)26-17(3)27-23/h5-11,15-16H,12-14H2,1-4H3,(H,25,26,27)/t15-,16+. The molecule has 162 valence electrons. The van der Waals surface area contributed by atoms with Crippen LogP contribution in [0.3, 0.4) is 0 Å². The maximum atomic E-state index is 12.9. The van der Waals surface area contributed by atoms with Gasteiger partial charge in [-0.25, -0.2) is 9.97 Å². The molecule has 7 nitrogen and oxygen atoms in total. The molecular formula is C24H28N4O3. The van der Waals surface area contributed by atoms with Crippen molar-refractivity contribution in [3.8, 4) is 5.75 Å². The van der Waals surface area contributed by atoms with E-state index in [1.807, 2.05) is 68.1 Å². The van der Waals surface area contributed by atoms with Crippen LogP contribution in [0.2, 0.25) is 0 Å². The number of anilines is 1. The maximum absolute atomic E-state index is 12.9. The van der Waals surface area contributed by atoms with Gasteiger partial charge in [0.1, 0.15) is 17.4 Å². The maximum Gasteiger partial charge on any atom is 0.254 e. The van der Waals surface area contributed by atoms with E-state index in [4.69, 9.17) is 9.47 Å². The summed E-state index contributed by atoms with van der Waals surface area (Å²) in [5.41, 5.74) is 2.62. The zero-order chi connectivity index (χ0) is 22.0. The number of aromatic nitrogens is 2. The van der Waals surface area contributed by atoms with Gasteiger partial charge in [-0.3, -0.25) is 4.79 Å². The molecule has 1 aromatic heterocycles. The summed E-state index contributed by atoms with van der Waals surface area (Å²) in [5, 5.41) is 4.31. The minimum Gasteiger partial charge on any atom is -0.497 e. The number of benzene rings is 2. The Labute approximate surface area is 182 Å². The summed E-state index contributed by atoms with van der Waals surface area (Å²) in [6.45, 7) is 7.70. The van der Waals surface area contributed by atoms with Crippen molar-refractivity contribution in [2.75, 3.05) is 25.5 Å². The highest BCUT2D eigenvalue weighted by molar-refractivity contribution is 5.94. The number of ether oxygens (including phenoxy) is 2. The third-order valence-electron chi connectivity index (χ3n) is 5.38. The number of rotatable bonds is 5. The second-order valence-corrected chi connectivity index (χ2v) is 8.02. The van der Waals surface area contributed by atoms with Gasteiger partial charge < -0.3 is 19.7 Å². The fourth-order valence-corrected chi connectivity index (χ4v) is 3.96. The minimum atomic E-state index is 0.0472. The van der Waals surface area contributed by atoms with E-state index in [0.29, 0.717) is 31.0 Å². The highest BCUT2D eigenvalue weighted by Crippen LogP contribution is 2.25. The number of morpholine rings is 1. The summed E-state index contributed by atoms with van der Waals surface area (Å²) in [4.78, 5) is 23.8. The Morgan fingerprint density at radius 1 is 1.13 bits per heavy atom. The molecule has 0 aliphatic carbocycles. The lowest BCUT2D eigenvalue weighted by Crippen LogP contribution is -2.48. The van der Waals surface area contributed by atoms with Crippen molar-refractivity contribution in [1.29, 1.82) is 0 Å². The van der Waals surface area contributed by atoms with E-state index in [-0.39, 0.29) is 18.1 Å². The van der Waals surface area contributed by atoms with Crippen LogP contribution in [0.25, 0.3) is 10.9 Å². The fourth-order valence-electron chi connectivity index (χ4n) is 3.96. The summed E-state index contributed by atoms with van der Waals surface area (Å²) < 4.78 is 11.1. The molecule has 2 heterocycles. The van der Waals surface area contributed by atoms with Crippen LogP contribution >= 0.6 is 0 Å². The average Bonchev–Trinajstić information content (AvgIpc) is 2.76.